The normalized spacial score (nSPS) is 15.2. The smallest absolute Gasteiger partial charge is 0.292 e. The minimum absolute atomic E-state index is 0.126. The number of fused-ring (bicyclic) bond motifs is 3. The first-order chi connectivity index (χ1) is 37.4. The van der Waals surface area contributed by atoms with Crippen molar-refractivity contribution < 1.29 is 38.2 Å². The van der Waals surface area contributed by atoms with Crippen molar-refractivity contribution in [2.24, 2.45) is 0 Å². The highest BCUT2D eigenvalue weighted by Gasteiger charge is 2.63. The van der Waals surface area contributed by atoms with Gasteiger partial charge in [-0.3, -0.25) is 0 Å². The van der Waals surface area contributed by atoms with Crippen molar-refractivity contribution in [1.29, 1.82) is 0 Å². The van der Waals surface area contributed by atoms with Crippen LogP contribution in [0.15, 0.2) is 84.9 Å². The minimum Gasteiger partial charge on any atom is -0.331 e. The predicted molar refractivity (Wildman–Crippen MR) is 345 cm³/mol. The summed E-state index contributed by atoms with van der Waals surface area (Å²) in [6, 6.07) is 25.9. The van der Waals surface area contributed by atoms with Crippen LogP contribution < -0.4 is 19.6 Å². The van der Waals surface area contributed by atoms with Gasteiger partial charge in [0.1, 0.15) is 0 Å². The molecule has 0 aliphatic heterocycles. The molecule has 0 amide bonds. The highest BCUT2D eigenvalue weighted by Crippen LogP contribution is 2.79. The van der Waals surface area contributed by atoms with E-state index in [0.717, 1.165) is 66.8 Å². The highest BCUT2D eigenvalue weighted by molar-refractivity contribution is 7.69. The van der Waals surface area contributed by atoms with Gasteiger partial charge in [-0.05, 0) is 168 Å². The number of hydrogen-bond donors (Lipinski definition) is 0. The number of hydrogen-bond acceptors (Lipinski definition) is 8. The van der Waals surface area contributed by atoms with Crippen molar-refractivity contribution >= 4 is 27.9 Å². The lowest BCUT2D eigenvalue weighted by atomic mass is 9.75. The molecule has 0 bridgehead atoms. The van der Waals surface area contributed by atoms with Gasteiger partial charge in [0.05, 0.1) is 0 Å². The fraction of sp³-hybridized carbons (Fsp3) is 0.528. The molecule has 2 aliphatic rings. The quantitative estimate of drug-likeness (QED) is 0.0619. The van der Waals surface area contributed by atoms with Crippen LogP contribution in [-0.2, 0) is 62.0 Å². The molecule has 2 aliphatic carbocycles. The van der Waals surface area contributed by atoms with Gasteiger partial charge < -0.3 is 19.6 Å². The maximum absolute atomic E-state index is 7.19. The predicted octanol–water partition coefficient (Wildman–Crippen LogP) is 21.8. The molecular formula is C72H100O8P2. The average molecular weight is 1160 g/mol. The summed E-state index contributed by atoms with van der Waals surface area (Å²) in [6.07, 6.45) is 4.63. The summed E-state index contributed by atoms with van der Waals surface area (Å²) < 4.78 is 28.8. The Morgan fingerprint density at radius 2 is 0.573 bits per heavy atom. The molecule has 0 N–H and O–H groups in total. The molecular weight excluding hydrogens is 1050 g/mol. The number of benzene rings is 5. The van der Waals surface area contributed by atoms with Crippen LogP contribution in [0.25, 0.3) is 11.1 Å². The summed E-state index contributed by atoms with van der Waals surface area (Å²) in [5, 5.41) is 0. The van der Waals surface area contributed by atoms with Gasteiger partial charge in [-0.2, -0.15) is 0 Å². The van der Waals surface area contributed by atoms with Gasteiger partial charge in [-0.25, -0.2) is 0 Å². The molecule has 7 rings (SSSR count). The lowest BCUT2D eigenvalue weighted by Gasteiger charge is -2.46. The first-order valence-electron chi connectivity index (χ1n) is 29.5. The van der Waals surface area contributed by atoms with Crippen LogP contribution in [-0.4, -0.2) is 4.90 Å². The molecule has 0 saturated heterocycles. The Labute approximate surface area is 498 Å². The minimum atomic E-state index is -2.48. The highest BCUT2D eigenvalue weighted by atomic mass is 31.2. The molecule has 0 radical (unpaired) electrons. The third-order valence-corrected chi connectivity index (χ3v) is 19.8. The van der Waals surface area contributed by atoms with Gasteiger partial charge in [-0.15, -0.1) is 18.7 Å². The zero-order valence-corrected chi connectivity index (χ0v) is 57.2. The van der Waals surface area contributed by atoms with Gasteiger partial charge in [0, 0.05) is 22.3 Å². The maximum Gasteiger partial charge on any atom is 0.292 e. The van der Waals surface area contributed by atoms with Gasteiger partial charge in [0.25, 0.3) is 16.8 Å². The SMILES string of the molecule is Cc1cc(OOP(OOc2cc(C)c(C(C)(C)C)cc2C(C)(C)C)C2(P(OOc3cc(C)c(C(C)(C)C)cc3C(C)(C)C)OOc3cc(C)c(C(C)(C)C)cc3C(C)(C)C)CC=CC3=C2c2ccccc23)c(C(C)(C)C)cc1C(C)(C)C. The second-order valence-electron chi connectivity index (χ2n) is 31.6. The van der Waals surface area contributed by atoms with Crippen LogP contribution in [0.3, 0.4) is 0 Å². The van der Waals surface area contributed by atoms with E-state index < -0.39 is 21.6 Å². The molecule has 5 aromatic carbocycles. The van der Waals surface area contributed by atoms with E-state index >= 15 is 0 Å². The summed E-state index contributed by atoms with van der Waals surface area (Å²) in [5.41, 5.74) is 15.3. The van der Waals surface area contributed by atoms with E-state index in [-0.39, 0.29) is 43.3 Å². The third-order valence-electron chi connectivity index (χ3n) is 16.0. The molecule has 446 valence electrons. The zero-order chi connectivity index (χ0) is 61.5. The Kier molecular flexibility index (Phi) is 18.0. The first kappa shape index (κ1) is 65.0. The topological polar surface area (TPSA) is 73.8 Å². The lowest BCUT2D eigenvalue weighted by Crippen LogP contribution is -2.36. The molecule has 10 heteroatoms. The Bertz CT molecular complexity index is 2900. The van der Waals surface area contributed by atoms with Gasteiger partial charge in [0.2, 0.25) is 0 Å². The van der Waals surface area contributed by atoms with Crippen LogP contribution in [0.5, 0.6) is 23.0 Å². The Balaban J connectivity index is 1.53. The largest absolute Gasteiger partial charge is 0.331 e. The van der Waals surface area contributed by atoms with E-state index in [4.69, 9.17) is 38.2 Å². The van der Waals surface area contributed by atoms with E-state index in [1.807, 2.05) is 0 Å². The van der Waals surface area contributed by atoms with Crippen LogP contribution in [0.1, 0.15) is 250 Å². The monoisotopic (exact) mass is 1150 g/mol. The van der Waals surface area contributed by atoms with Crippen molar-refractivity contribution in [2.45, 2.75) is 249 Å². The van der Waals surface area contributed by atoms with E-state index in [1.165, 1.54) is 22.3 Å². The standard InChI is InChI=1S/C72H100O8P2/c1-44-36-59(55(68(17,18)19)40-51(44)64(5,6)7)73-77-81(78-74-60-37-45(2)52(65(8,9)10)41-56(60)69(20,21)22)72(35-31-34-50-48-32-29-30-33-49(48)63(50)72)82(79-75-61-38-46(3)53(66(11,12)13)42-57(61)70(23,24)25)80-76-62-39-47(4)54(67(14,15)16)43-58(62)71(26,27)28/h29-34,36-43H,35H2,1-28H3. The summed E-state index contributed by atoms with van der Waals surface area (Å²) in [6.45, 7) is 61.9. The van der Waals surface area contributed by atoms with E-state index in [9.17, 15) is 0 Å². The second-order valence-corrected chi connectivity index (χ2v) is 35.1. The van der Waals surface area contributed by atoms with Crippen LogP contribution >= 0.6 is 16.8 Å². The summed E-state index contributed by atoms with van der Waals surface area (Å²) >= 11 is 0. The van der Waals surface area contributed by atoms with E-state index in [1.54, 1.807) is 0 Å². The van der Waals surface area contributed by atoms with Crippen molar-refractivity contribution in [3.8, 4) is 23.0 Å². The van der Waals surface area contributed by atoms with Crippen LogP contribution in [0, 0.1) is 27.7 Å². The lowest BCUT2D eigenvalue weighted by molar-refractivity contribution is -0.169. The van der Waals surface area contributed by atoms with Crippen molar-refractivity contribution in [2.75, 3.05) is 0 Å². The van der Waals surface area contributed by atoms with Crippen molar-refractivity contribution in [1.82, 2.24) is 0 Å². The third kappa shape index (κ3) is 13.6. The first-order valence-corrected chi connectivity index (χ1v) is 31.8. The maximum atomic E-state index is 7.19. The van der Waals surface area contributed by atoms with Gasteiger partial charge >= 0.3 is 0 Å². The molecule has 8 nitrogen and oxygen atoms in total. The molecule has 0 heterocycles. The Morgan fingerprint density at radius 3 is 0.817 bits per heavy atom. The molecule has 0 atom stereocenters. The summed E-state index contributed by atoms with van der Waals surface area (Å²) in [7, 11) is -4.95. The summed E-state index contributed by atoms with van der Waals surface area (Å²) in [4.78, 5) is 26.4. The molecule has 0 unspecified atom stereocenters. The molecule has 0 aromatic heterocycles. The molecule has 82 heavy (non-hydrogen) atoms. The Hall–Kier alpha value is -4.52. The molecule has 0 fully saturated rings. The van der Waals surface area contributed by atoms with E-state index in [2.05, 4.69) is 279 Å². The molecule has 5 aromatic rings. The van der Waals surface area contributed by atoms with Crippen molar-refractivity contribution in [3.05, 3.63) is 163 Å². The van der Waals surface area contributed by atoms with Crippen LogP contribution in [0.4, 0.5) is 0 Å². The number of aryl methyl sites for hydroxylation is 4. The average Bonchev–Trinajstić information content (AvgIpc) is 1.43. The van der Waals surface area contributed by atoms with Gasteiger partial charge in [-0.1, -0.05) is 227 Å². The Morgan fingerprint density at radius 1 is 0.329 bits per heavy atom. The zero-order valence-electron chi connectivity index (χ0n) is 55.5. The van der Waals surface area contributed by atoms with Crippen molar-refractivity contribution in [3.63, 3.8) is 0 Å². The fourth-order valence-electron chi connectivity index (χ4n) is 11.7. The summed E-state index contributed by atoms with van der Waals surface area (Å²) in [5.74, 6) is 2.30. The fourth-order valence-corrected chi connectivity index (χ4v) is 15.2. The molecule has 0 saturated carbocycles. The number of rotatable bonds is 14. The van der Waals surface area contributed by atoms with Crippen LogP contribution in [0.2, 0.25) is 0 Å². The number of allylic oxidation sites excluding steroid dienone is 4. The van der Waals surface area contributed by atoms with Gasteiger partial charge in [0.15, 0.2) is 27.9 Å². The molecule has 0 spiro atoms. The second kappa shape index (κ2) is 22.7. The van der Waals surface area contributed by atoms with E-state index in [0.29, 0.717) is 29.4 Å².